The van der Waals surface area contributed by atoms with Gasteiger partial charge in [0, 0.05) is 41.1 Å². The molecule has 6 aromatic rings. The molecule has 0 aliphatic carbocycles. The number of aryl methyl sites for hydroxylation is 2. The molecule has 0 bridgehead atoms. The molecule has 1 saturated heterocycles. The van der Waals surface area contributed by atoms with Crippen molar-refractivity contribution < 1.29 is 19.0 Å². The van der Waals surface area contributed by atoms with Gasteiger partial charge in [0.05, 0.1) is 16.8 Å². The highest BCUT2D eigenvalue weighted by Gasteiger charge is 2.28. The van der Waals surface area contributed by atoms with Crippen LogP contribution in [0.4, 0.5) is 26.3 Å². The van der Waals surface area contributed by atoms with Crippen LogP contribution in [0.1, 0.15) is 95.1 Å². The number of aromatic carboxylic acids is 1. The van der Waals surface area contributed by atoms with E-state index in [9.17, 15) is 9.90 Å². The van der Waals surface area contributed by atoms with Crippen molar-refractivity contribution in [2.24, 2.45) is 5.92 Å². The minimum absolute atomic E-state index is 0.0180. The number of aromatic nitrogens is 4. The van der Waals surface area contributed by atoms with Gasteiger partial charge in [0.2, 0.25) is 0 Å². The minimum Gasteiger partial charge on any atom is -0.491 e. The summed E-state index contributed by atoms with van der Waals surface area (Å²) in [4.78, 5) is 26.7. The van der Waals surface area contributed by atoms with E-state index in [0.29, 0.717) is 52.5 Å². The maximum Gasteiger partial charge on any atom is 0.355 e. The Balaban J connectivity index is 0.837. The Labute approximate surface area is 358 Å². The lowest BCUT2D eigenvalue weighted by Crippen LogP contribution is -2.29. The summed E-state index contributed by atoms with van der Waals surface area (Å²) in [5.74, 6) is 7.00. The molecule has 8 rings (SSSR count). The molecular weight excluding hydrogens is 794 g/mol. The summed E-state index contributed by atoms with van der Waals surface area (Å²) in [5, 5.41) is 23.9. The van der Waals surface area contributed by atoms with Crippen molar-refractivity contribution in [1.82, 2.24) is 25.1 Å². The molecule has 1 unspecified atom stereocenters. The standard InChI is InChI=1S/C47H50FN7O3S2/c1-3-32-18-20-35(21-19-32)30-54-25-7-6-11-33(24-27-54)12-8-13-34-22-23-39(37(48)29-34)58-28-10-17-41-42(45(56)57)50-47(60-41)55-26-9-14-36-31(2)43(52-53-44(36)55)51-46-49-38-15-4-5-16-40(38)59-46/h4-5,15-16,18-23,29,33H,3,6-7,9-12,14,17,24-28,30H2,1-2H3,(H,56,57)(H,49,51,52). The van der Waals surface area contributed by atoms with Crippen LogP contribution in [0.2, 0.25) is 0 Å². The Morgan fingerprint density at radius 2 is 1.83 bits per heavy atom. The van der Waals surface area contributed by atoms with E-state index in [4.69, 9.17) is 4.74 Å². The van der Waals surface area contributed by atoms with Gasteiger partial charge in [0.15, 0.2) is 39.2 Å². The molecule has 13 heteroatoms. The van der Waals surface area contributed by atoms with E-state index in [0.717, 1.165) is 78.2 Å². The van der Waals surface area contributed by atoms with Crippen LogP contribution in [0.5, 0.6) is 5.75 Å². The van der Waals surface area contributed by atoms with Gasteiger partial charge in [-0.1, -0.05) is 72.9 Å². The molecule has 10 nitrogen and oxygen atoms in total. The molecule has 0 amide bonds. The fourth-order valence-corrected chi connectivity index (χ4v) is 9.99. The first-order valence-electron chi connectivity index (χ1n) is 21.0. The number of halogens is 1. The number of ether oxygens (including phenoxy) is 1. The molecule has 1 fully saturated rings. The van der Waals surface area contributed by atoms with Crippen LogP contribution in [0.15, 0.2) is 66.7 Å². The number of hydrogen-bond acceptors (Lipinski definition) is 11. The Morgan fingerprint density at radius 1 is 0.983 bits per heavy atom. The lowest BCUT2D eigenvalue weighted by molar-refractivity contribution is 0.0690. The van der Waals surface area contributed by atoms with Gasteiger partial charge >= 0.3 is 5.97 Å². The molecule has 0 spiro atoms. The van der Waals surface area contributed by atoms with E-state index in [1.165, 1.54) is 47.8 Å². The molecule has 2 aliphatic heterocycles. The topological polar surface area (TPSA) is 117 Å². The number of carboxylic acids is 1. The average molecular weight is 844 g/mol. The van der Waals surface area contributed by atoms with Gasteiger partial charge in [-0.2, -0.15) is 0 Å². The van der Waals surface area contributed by atoms with Gasteiger partial charge in [-0.15, -0.1) is 21.5 Å². The highest BCUT2D eigenvalue weighted by Crippen LogP contribution is 2.39. The number of thiazole rings is 2. The van der Waals surface area contributed by atoms with Crippen LogP contribution in [-0.4, -0.2) is 62.4 Å². The lowest BCUT2D eigenvalue weighted by atomic mass is 9.93. The van der Waals surface area contributed by atoms with Crippen LogP contribution in [0.25, 0.3) is 10.2 Å². The van der Waals surface area contributed by atoms with Crippen LogP contribution in [-0.2, 0) is 25.8 Å². The number of anilines is 4. The maximum absolute atomic E-state index is 15.1. The molecule has 2 N–H and O–H groups in total. The Morgan fingerprint density at radius 3 is 2.65 bits per heavy atom. The summed E-state index contributed by atoms with van der Waals surface area (Å²) >= 11 is 2.90. The first kappa shape index (κ1) is 41.3. The molecule has 3 aromatic carbocycles. The maximum atomic E-state index is 15.1. The predicted octanol–water partition coefficient (Wildman–Crippen LogP) is 10.5. The lowest BCUT2D eigenvalue weighted by Gasteiger charge is -2.28. The van der Waals surface area contributed by atoms with Crippen LogP contribution < -0.4 is 15.0 Å². The second kappa shape index (κ2) is 19.3. The number of para-hydroxylation sites is 1. The van der Waals surface area contributed by atoms with E-state index in [1.807, 2.05) is 36.1 Å². The van der Waals surface area contributed by atoms with E-state index in [2.05, 4.69) is 73.4 Å². The fourth-order valence-electron chi connectivity index (χ4n) is 8.00. The normalized spacial score (nSPS) is 15.8. The largest absolute Gasteiger partial charge is 0.491 e. The third-order valence-corrected chi connectivity index (χ3v) is 13.5. The zero-order valence-electron chi connectivity index (χ0n) is 34.2. The molecular formula is C47H50FN7O3S2. The van der Waals surface area contributed by atoms with Gasteiger partial charge in [-0.25, -0.2) is 19.2 Å². The van der Waals surface area contributed by atoms with Crippen LogP contribution in [0.3, 0.4) is 0 Å². The van der Waals surface area contributed by atoms with Gasteiger partial charge in [0.25, 0.3) is 0 Å². The highest BCUT2D eigenvalue weighted by atomic mass is 32.1. The number of nitrogens with one attached hydrogen (secondary N) is 1. The van der Waals surface area contributed by atoms with Crippen LogP contribution in [0, 0.1) is 30.5 Å². The first-order chi connectivity index (χ1) is 29.3. The first-order valence-corrected chi connectivity index (χ1v) is 22.6. The number of rotatable bonds is 13. The van der Waals surface area contributed by atoms with Crippen molar-refractivity contribution in [3.63, 3.8) is 0 Å². The van der Waals surface area contributed by atoms with Crippen molar-refractivity contribution in [3.05, 3.63) is 111 Å². The Hall–Kier alpha value is -5.42. The molecule has 60 heavy (non-hydrogen) atoms. The number of benzene rings is 3. The number of carbonyl (C=O) groups is 1. The molecule has 2 aliphatic rings. The summed E-state index contributed by atoms with van der Waals surface area (Å²) in [7, 11) is 0. The van der Waals surface area contributed by atoms with Crippen molar-refractivity contribution in [3.8, 4) is 17.6 Å². The minimum atomic E-state index is -1.09. The van der Waals surface area contributed by atoms with E-state index < -0.39 is 11.8 Å². The van der Waals surface area contributed by atoms with Crippen molar-refractivity contribution in [2.45, 2.75) is 84.6 Å². The highest BCUT2D eigenvalue weighted by molar-refractivity contribution is 7.22. The quantitative estimate of drug-likeness (QED) is 0.0860. The third kappa shape index (κ3) is 9.95. The summed E-state index contributed by atoms with van der Waals surface area (Å²) in [5.41, 5.74) is 6.35. The smallest absolute Gasteiger partial charge is 0.355 e. The number of fused-ring (bicyclic) bond motifs is 2. The van der Waals surface area contributed by atoms with Crippen molar-refractivity contribution in [1.29, 1.82) is 0 Å². The number of carboxylic acid groups (broad SMARTS) is 1. The predicted molar refractivity (Wildman–Crippen MR) is 239 cm³/mol. The summed E-state index contributed by atoms with van der Waals surface area (Å²) in [6, 6.07) is 21.9. The van der Waals surface area contributed by atoms with Gasteiger partial charge in [-0.3, -0.25) is 4.90 Å². The third-order valence-electron chi connectivity index (χ3n) is 11.4. The van der Waals surface area contributed by atoms with Crippen molar-refractivity contribution >= 4 is 60.8 Å². The van der Waals surface area contributed by atoms with Gasteiger partial charge in [-0.05, 0) is 119 Å². The molecule has 310 valence electrons. The second-order valence-corrected chi connectivity index (χ2v) is 17.7. The Bertz CT molecular complexity index is 2480. The molecule has 0 saturated carbocycles. The SMILES string of the molecule is CCc1ccc(CN2CCCCC(CC#Cc3ccc(OCCCc4sc(N5CCCc6c5nnc(Nc5nc7ccccc7s5)c6C)nc4C(=O)O)c(F)c3)CC2)cc1. The van der Waals surface area contributed by atoms with Crippen molar-refractivity contribution in [2.75, 3.05) is 36.5 Å². The van der Waals surface area contributed by atoms with E-state index in [1.54, 1.807) is 23.5 Å². The zero-order chi connectivity index (χ0) is 41.4. The average Bonchev–Trinajstić information content (AvgIpc) is 3.87. The van der Waals surface area contributed by atoms with Crippen LogP contribution >= 0.6 is 22.7 Å². The van der Waals surface area contributed by atoms with Gasteiger partial charge in [0.1, 0.15) is 0 Å². The number of likely N-dealkylation sites (tertiary alicyclic amines) is 1. The monoisotopic (exact) mass is 843 g/mol. The second-order valence-electron chi connectivity index (χ2n) is 15.6. The van der Waals surface area contributed by atoms with Gasteiger partial charge < -0.3 is 20.1 Å². The number of nitrogens with zero attached hydrogens (tertiary/aromatic N) is 6. The molecule has 1 atom stereocenters. The molecule has 3 aromatic heterocycles. The summed E-state index contributed by atoms with van der Waals surface area (Å²) < 4.78 is 22.1. The summed E-state index contributed by atoms with van der Waals surface area (Å²) in [6.07, 6.45) is 9.16. The van der Waals surface area contributed by atoms with E-state index in [-0.39, 0.29) is 18.1 Å². The Kier molecular flexibility index (Phi) is 13.3. The molecule has 5 heterocycles. The summed E-state index contributed by atoms with van der Waals surface area (Å²) in [6.45, 7) is 8.27. The fraction of sp³-hybridized carbons (Fsp3) is 0.383. The number of hydrogen-bond donors (Lipinski definition) is 2. The zero-order valence-corrected chi connectivity index (χ0v) is 35.8. The van der Waals surface area contributed by atoms with E-state index >= 15 is 4.39 Å². The molecule has 0 radical (unpaired) electrons.